The highest BCUT2D eigenvalue weighted by atomic mass is 19.2. The van der Waals surface area contributed by atoms with Gasteiger partial charge in [-0.1, -0.05) is 6.42 Å². The molecule has 8 heteroatoms. The van der Waals surface area contributed by atoms with Crippen LogP contribution in [0.5, 0.6) is 0 Å². The zero-order valence-corrected chi connectivity index (χ0v) is 13.4. The molecular formula is C16H20F3N3O2. The van der Waals surface area contributed by atoms with E-state index in [0.717, 1.165) is 25.5 Å². The summed E-state index contributed by atoms with van der Waals surface area (Å²) in [6.07, 6.45) is 3.39. The molecule has 132 valence electrons. The molecule has 1 unspecified atom stereocenters. The van der Waals surface area contributed by atoms with Crippen LogP contribution in [0.3, 0.4) is 0 Å². The fourth-order valence-electron chi connectivity index (χ4n) is 2.68. The van der Waals surface area contributed by atoms with Crippen molar-refractivity contribution in [2.45, 2.75) is 32.2 Å². The summed E-state index contributed by atoms with van der Waals surface area (Å²) in [6.45, 7) is 3.94. The highest BCUT2D eigenvalue weighted by Crippen LogP contribution is 2.19. The smallest absolute Gasteiger partial charge is 0.313 e. The Labute approximate surface area is 138 Å². The molecule has 2 N–H and O–H groups in total. The van der Waals surface area contributed by atoms with Crippen molar-refractivity contribution in [1.82, 2.24) is 10.2 Å². The number of halogens is 3. The van der Waals surface area contributed by atoms with Gasteiger partial charge in [-0.15, -0.1) is 0 Å². The molecule has 0 bridgehead atoms. The first kappa shape index (κ1) is 18.3. The summed E-state index contributed by atoms with van der Waals surface area (Å²) in [5.41, 5.74) is -0.585. The van der Waals surface area contributed by atoms with E-state index in [2.05, 4.69) is 17.1 Å². The number of likely N-dealkylation sites (tertiary alicyclic amines) is 1. The lowest BCUT2D eigenvalue weighted by atomic mass is 10.0. The molecule has 1 saturated heterocycles. The van der Waals surface area contributed by atoms with Crippen molar-refractivity contribution in [1.29, 1.82) is 0 Å². The van der Waals surface area contributed by atoms with Gasteiger partial charge in [-0.3, -0.25) is 14.5 Å². The normalized spacial score (nSPS) is 18.2. The third kappa shape index (κ3) is 4.47. The van der Waals surface area contributed by atoms with Crippen LogP contribution in [0, 0.1) is 17.5 Å². The Hall–Kier alpha value is -2.09. The van der Waals surface area contributed by atoms with Gasteiger partial charge in [0.2, 0.25) is 0 Å². The van der Waals surface area contributed by atoms with Gasteiger partial charge in [-0.2, -0.15) is 0 Å². The molecule has 1 fully saturated rings. The number of amides is 2. The number of nitrogens with one attached hydrogen (secondary N) is 2. The molecule has 1 atom stereocenters. The van der Waals surface area contributed by atoms with Gasteiger partial charge in [0.1, 0.15) is 0 Å². The number of piperidine rings is 1. The zero-order valence-electron chi connectivity index (χ0n) is 13.4. The third-order valence-electron chi connectivity index (χ3n) is 4.11. The maximum absolute atomic E-state index is 13.5. The Balaban J connectivity index is 1.82. The van der Waals surface area contributed by atoms with Crippen LogP contribution in [0.4, 0.5) is 18.9 Å². The minimum Gasteiger partial charge on any atom is -0.347 e. The molecule has 5 nitrogen and oxygen atoms in total. The van der Waals surface area contributed by atoms with Crippen molar-refractivity contribution >= 4 is 17.5 Å². The largest absolute Gasteiger partial charge is 0.347 e. The first-order valence-electron chi connectivity index (χ1n) is 7.87. The maximum Gasteiger partial charge on any atom is 0.313 e. The lowest BCUT2D eigenvalue weighted by Gasteiger charge is -2.33. The van der Waals surface area contributed by atoms with Crippen LogP contribution in [0.15, 0.2) is 12.1 Å². The first-order valence-corrected chi connectivity index (χ1v) is 7.87. The van der Waals surface area contributed by atoms with Gasteiger partial charge in [0, 0.05) is 19.1 Å². The highest BCUT2D eigenvalue weighted by Gasteiger charge is 2.20. The first-order chi connectivity index (χ1) is 11.4. The van der Waals surface area contributed by atoms with Crippen LogP contribution < -0.4 is 10.6 Å². The molecule has 1 heterocycles. The molecule has 0 spiro atoms. The third-order valence-corrected chi connectivity index (χ3v) is 4.11. The molecule has 0 saturated carbocycles. The minimum atomic E-state index is -1.70. The molecular weight excluding hydrogens is 323 g/mol. The quantitative estimate of drug-likeness (QED) is 0.650. The molecule has 2 rings (SSSR count). The molecule has 24 heavy (non-hydrogen) atoms. The van der Waals surface area contributed by atoms with Crippen molar-refractivity contribution in [3.63, 3.8) is 0 Å². The number of rotatable bonds is 4. The standard InChI is InChI=1S/C16H20F3N3O2/c1-10-4-2-3-8-22(10)9-7-20-15(23)16(24)21-12-6-5-11(17)13(18)14(12)19/h5-6,10H,2-4,7-9H2,1H3,(H,20,23)(H,21,24). The van der Waals surface area contributed by atoms with Crippen LogP contribution in [0.25, 0.3) is 0 Å². The Bertz CT molecular complexity index is 625. The van der Waals surface area contributed by atoms with Crippen LogP contribution in [-0.4, -0.2) is 42.4 Å². The number of benzene rings is 1. The number of carbonyl (C=O) groups is 2. The molecule has 0 aromatic heterocycles. The van der Waals surface area contributed by atoms with E-state index in [4.69, 9.17) is 0 Å². The monoisotopic (exact) mass is 343 g/mol. The Morgan fingerprint density at radius 3 is 2.62 bits per heavy atom. The minimum absolute atomic E-state index is 0.275. The lowest BCUT2D eigenvalue weighted by molar-refractivity contribution is -0.136. The van der Waals surface area contributed by atoms with Gasteiger partial charge in [-0.25, -0.2) is 13.2 Å². The summed E-state index contributed by atoms with van der Waals surface area (Å²) in [4.78, 5) is 25.6. The van der Waals surface area contributed by atoms with E-state index in [1.807, 2.05) is 5.32 Å². The number of nitrogens with zero attached hydrogens (tertiary/aromatic N) is 1. The predicted molar refractivity (Wildman–Crippen MR) is 82.8 cm³/mol. The Morgan fingerprint density at radius 1 is 1.17 bits per heavy atom. The fraction of sp³-hybridized carbons (Fsp3) is 0.500. The van der Waals surface area contributed by atoms with Crippen molar-refractivity contribution in [2.24, 2.45) is 0 Å². The average Bonchev–Trinajstić information content (AvgIpc) is 2.57. The fourth-order valence-corrected chi connectivity index (χ4v) is 2.68. The SMILES string of the molecule is CC1CCCCN1CCNC(=O)C(=O)Nc1ccc(F)c(F)c1F. The molecule has 1 aromatic carbocycles. The highest BCUT2D eigenvalue weighted by molar-refractivity contribution is 6.39. The van der Waals surface area contributed by atoms with E-state index in [1.165, 1.54) is 6.42 Å². The molecule has 1 aromatic rings. The number of carbonyl (C=O) groups excluding carboxylic acids is 2. The second-order valence-electron chi connectivity index (χ2n) is 5.81. The van der Waals surface area contributed by atoms with Gasteiger partial charge >= 0.3 is 11.8 Å². The van der Waals surface area contributed by atoms with Crippen molar-refractivity contribution in [3.05, 3.63) is 29.6 Å². The van der Waals surface area contributed by atoms with Gasteiger partial charge in [0.15, 0.2) is 17.5 Å². The molecule has 0 aliphatic carbocycles. The lowest BCUT2D eigenvalue weighted by Crippen LogP contribution is -2.44. The van der Waals surface area contributed by atoms with Crippen LogP contribution in [-0.2, 0) is 9.59 Å². The Morgan fingerprint density at radius 2 is 1.92 bits per heavy atom. The van der Waals surface area contributed by atoms with E-state index >= 15 is 0 Å². The number of hydrogen-bond acceptors (Lipinski definition) is 3. The molecule has 0 radical (unpaired) electrons. The Kier molecular flexibility index (Phi) is 6.19. The summed E-state index contributed by atoms with van der Waals surface area (Å²) in [6, 6.07) is 1.96. The van der Waals surface area contributed by atoms with E-state index in [1.54, 1.807) is 0 Å². The van der Waals surface area contributed by atoms with Crippen molar-refractivity contribution in [2.75, 3.05) is 25.0 Å². The van der Waals surface area contributed by atoms with Gasteiger partial charge in [0.05, 0.1) is 5.69 Å². The second kappa shape index (κ2) is 8.14. The maximum atomic E-state index is 13.5. The van der Waals surface area contributed by atoms with Crippen LogP contribution in [0.2, 0.25) is 0 Å². The van der Waals surface area contributed by atoms with E-state index in [9.17, 15) is 22.8 Å². The predicted octanol–water partition coefficient (Wildman–Crippen LogP) is 2.03. The summed E-state index contributed by atoms with van der Waals surface area (Å²) in [7, 11) is 0. The molecule has 1 aliphatic heterocycles. The topological polar surface area (TPSA) is 61.4 Å². The summed E-state index contributed by atoms with van der Waals surface area (Å²) in [5.74, 6) is -6.70. The van der Waals surface area contributed by atoms with E-state index < -0.39 is 35.0 Å². The zero-order chi connectivity index (χ0) is 17.7. The summed E-state index contributed by atoms with van der Waals surface area (Å²) in [5, 5.41) is 4.36. The summed E-state index contributed by atoms with van der Waals surface area (Å²) >= 11 is 0. The number of hydrogen-bond donors (Lipinski definition) is 2. The number of anilines is 1. The van der Waals surface area contributed by atoms with E-state index in [0.29, 0.717) is 18.7 Å². The van der Waals surface area contributed by atoms with Gasteiger partial charge < -0.3 is 10.6 Å². The van der Waals surface area contributed by atoms with Gasteiger partial charge in [-0.05, 0) is 38.4 Å². The van der Waals surface area contributed by atoms with E-state index in [-0.39, 0.29) is 6.54 Å². The molecule has 1 aliphatic rings. The molecule has 2 amide bonds. The summed E-state index contributed by atoms with van der Waals surface area (Å²) < 4.78 is 39.4. The van der Waals surface area contributed by atoms with Crippen LogP contribution in [0.1, 0.15) is 26.2 Å². The van der Waals surface area contributed by atoms with Crippen molar-refractivity contribution in [3.8, 4) is 0 Å². The average molecular weight is 343 g/mol. The second-order valence-corrected chi connectivity index (χ2v) is 5.81. The van der Waals surface area contributed by atoms with Crippen molar-refractivity contribution < 1.29 is 22.8 Å². The van der Waals surface area contributed by atoms with Crippen LogP contribution >= 0.6 is 0 Å². The van der Waals surface area contributed by atoms with Gasteiger partial charge in [0.25, 0.3) is 0 Å².